The van der Waals surface area contributed by atoms with Crippen molar-refractivity contribution in [2.45, 2.75) is 12.1 Å². The number of hydrogen-bond acceptors (Lipinski definition) is 6. The highest BCUT2D eigenvalue weighted by atomic mass is 32.2. The van der Waals surface area contributed by atoms with Crippen LogP contribution in [0, 0.1) is 0 Å². The highest BCUT2D eigenvalue weighted by Gasteiger charge is 2.15. The van der Waals surface area contributed by atoms with Gasteiger partial charge in [0.2, 0.25) is 12.7 Å². The Kier molecular flexibility index (Phi) is 5.38. The molecule has 0 aliphatic carbocycles. The Labute approximate surface area is 166 Å². The first-order chi connectivity index (χ1) is 13.7. The molecule has 2 heterocycles. The van der Waals surface area contributed by atoms with Crippen LogP contribution in [0.2, 0.25) is 0 Å². The normalized spacial score (nSPS) is 12.0. The zero-order valence-corrected chi connectivity index (χ0v) is 16.1. The molecule has 1 N–H and O–H groups in total. The van der Waals surface area contributed by atoms with E-state index in [1.807, 2.05) is 42.0 Å². The van der Waals surface area contributed by atoms with E-state index in [2.05, 4.69) is 10.3 Å². The van der Waals surface area contributed by atoms with Crippen molar-refractivity contribution in [3.05, 3.63) is 54.9 Å². The van der Waals surface area contributed by atoms with Crippen LogP contribution in [0.4, 0.5) is 5.69 Å². The van der Waals surface area contributed by atoms with Crippen LogP contribution in [0.5, 0.6) is 17.2 Å². The molecule has 2 aromatic carbocycles. The number of imidazole rings is 1. The maximum atomic E-state index is 12.3. The minimum Gasteiger partial charge on any atom is -0.494 e. The molecule has 0 saturated carbocycles. The van der Waals surface area contributed by atoms with Crippen molar-refractivity contribution >= 4 is 23.4 Å². The number of thioether (sulfide) groups is 1. The lowest BCUT2D eigenvalue weighted by Gasteiger charge is -2.09. The molecule has 0 radical (unpaired) electrons. The molecule has 7 nitrogen and oxygen atoms in total. The molecule has 8 heteroatoms. The van der Waals surface area contributed by atoms with Crippen molar-refractivity contribution in [2.24, 2.45) is 0 Å². The lowest BCUT2D eigenvalue weighted by Crippen LogP contribution is -2.14. The van der Waals surface area contributed by atoms with E-state index >= 15 is 0 Å². The van der Waals surface area contributed by atoms with Gasteiger partial charge < -0.3 is 19.5 Å². The van der Waals surface area contributed by atoms with E-state index < -0.39 is 0 Å². The summed E-state index contributed by atoms with van der Waals surface area (Å²) in [6.07, 6.45) is 3.59. The van der Waals surface area contributed by atoms with Crippen LogP contribution in [0.3, 0.4) is 0 Å². The van der Waals surface area contributed by atoms with Gasteiger partial charge in [0.1, 0.15) is 5.75 Å². The Hall–Kier alpha value is -3.13. The maximum absolute atomic E-state index is 12.3. The van der Waals surface area contributed by atoms with Crippen LogP contribution in [0.1, 0.15) is 6.92 Å². The van der Waals surface area contributed by atoms with Gasteiger partial charge in [-0.25, -0.2) is 4.98 Å². The molecular weight excluding hydrogens is 378 g/mol. The summed E-state index contributed by atoms with van der Waals surface area (Å²) in [7, 11) is 0. The molecule has 3 aromatic rings. The lowest BCUT2D eigenvalue weighted by molar-refractivity contribution is -0.113. The van der Waals surface area contributed by atoms with Crippen LogP contribution in [-0.2, 0) is 4.79 Å². The first-order valence-corrected chi connectivity index (χ1v) is 9.80. The number of carbonyl (C=O) groups excluding carboxylic acids is 1. The number of aromatic nitrogens is 2. The average Bonchev–Trinajstić information content (AvgIpc) is 3.36. The molecule has 0 atom stereocenters. The number of fused-ring (bicyclic) bond motifs is 1. The topological polar surface area (TPSA) is 74.6 Å². The molecule has 144 valence electrons. The standard InChI is InChI=1S/C20H19N3O4S/c1-2-25-16-6-4-15(5-7-16)23-10-9-21-20(23)28-12-19(24)22-14-3-8-17-18(11-14)27-13-26-17/h3-11H,2,12-13H2,1H3,(H,22,24). The van der Waals surface area contributed by atoms with Crippen LogP contribution in [0.15, 0.2) is 60.0 Å². The van der Waals surface area contributed by atoms with Crippen molar-refractivity contribution < 1.29 is 19.0 Å². The summed E-state index contributed by atoms with van der Waals surface area (Å²) in [5.41, 5.74) is 1.63. The van der Waals surface area contributed by atoms with E-state index in [-0.39, 0.29) is 18.5 Å². The van der Waals surface area contributed by atoms with Crippen LogP contribution < -0.4 is 19.5 Å². The monoisotopic (exact) mass is 397 g/mol. The number of nitrogens with zero attached hydrogens (tertiary/aromatic N) is 2. The molecule has 1 aromatic heterocycles. The van der Waals surface area contributed by atoms with Crippen LogP contribution in [0.25, 0.3) is 5.69 Å². The largest absolute Gasteiger partial charge is 0.494 e. The van der Waals surface area contributed by atoms with Crippen LogP contribution in [-0.4, -0.2) is 34.6 Å². The Bertz CT molecular complexity index is 972. The van der Waals surface area contributed by atoms with E-state index in [4.69, 9.17) is 14.2 Å². The van der Waals surface area contributed by atoms with Crippen molar-refractivity contribution in [1.29, 1.82) is 0 Å². The number of carbonyl (C=O) groups is 1. The molecule has 0 saturated heterocycles. The van der Waals surface area contributed by atoms with E-state index in [0.29, 0.717) is 23.8 Å². The van der Waals surface area contributed by atoms with Gasteiger partial charge in [-0.1, -0.05) is 11.8 Å². The number of benzene rings is 2. The Morgan fingerprint density at radius 1 is 1.21 bits per heavy atom. The molecule has 1 aliphatic rings. The number of ether oxygens (including phenoxy) is 3. The zero-order valence-electron chi connectivity index (χ0n) is 15.3. The Morgan fingerprint density at radius 3 is 2.86 bits per heavy atom. The molecule has 1 aliphatic heterocycles. The molecule has 0 spiro atoms. The minimum absolute atomic E-state index is 0.120. The molecule has 0 fully saturated rings. The average molecular weight is 397 g/mol. The second-order valence-electron chi connectivity index (χ2n) is 5.91. The van der Waals surface area contributed by atoms with Gasteiger partial charge in [0.25, 0.3) is 0 Å². The fourth-order valence-electron chi connectivity index (χ4n) is 2.76. The van der Waals surface area contributed by atoms with Crippen molar-refractivity contribution in [1.82, 2.24) is 9.55 Å². The molecule has 0 bridgehead atoms. The number of amides is 1. The molecule has 4 rings (SSSR count). The summed E-state index contributed by atoms with van der Waals surface area (Å²) in [4.78, 5) is 16.7. The number of nitrogens with one attached hydrogen (secondary N) is 1. The predicted molar refractivity (Wildman–Crippen MR) is 107 cm³/mol. The summed E-state index contributed by atoms with van der Waals surface area (Å²) >= 11 is 1.37. The third kappa shape index (κ3) is 4.07. The second kappa shape index (κ2) is 8.26. The summed E-state index contributed by atoms with van der Waals surface area (Å²) < 4.78 is 18.0. The summed E-state index contributed by atoms with van der Waals surface area (Å²) in [6.45, 7) is 2.79. The van der Waals surface area contributed by atoms with Crippen molar-refractivity contribution in [2.75, 3.05) is 24.5 Å². The Balaban J connectivity index is 1.37. The fourth-order valence-corrected chi connectivity index (χ4v) is 3.54. The highest BCUT2D eigenvalue weighted by molar-refractivity contribution is 7.99. The Morgan fingerprint density at radius 2 is 2.04 bits per heavy atom. The number of hydrogen-bond donors (Lipinski definition) is 1. The van der Waals surface area contributed by atoms with Gasteiger partial charge in [-0.15, -0.1) is 0 Å². The van der Waals surface area contributed by atoms with Gasteiger partial charge >= 0.3 is 0 Å². The first kappa shape index (κ1) is 18.2. The van der Waals surface area contributed by atoms with Crippen molar-refractivity contribution in [3.63, 3.8) is 0 Å². The highest BCUT2D eigenvalue weighted by Crippen LogP contribution is 2.34. The zero-order chi connectivity index (χ0) is 19.3. The van der Waals surface area contributed by atoms with Gasteiger partial charge in [-0.2, -0.15) is 0 Å². The van der Waals surface area contributed by atoms with Crippen LogP contribution >= 0.6 is 11.8 Å². The van der Waals surface area contributed by atoms with Crippen molar-refractivity contribution in [3.8, 4) is 22.9 Å². The first-order valence-electron chi connectivity index (χ1n) is 8.82. The molecule has 0 unspecified atom stereocenters. The fraction of sp³-hybridized carbons (Fsp3) is 0.200. The summed E-state index contributed by atoms with van der Waals surface area (Å²) in [5, 5.41) is 3.61. The van der Waals surface area contributed by atoms with Gasteiger partial charge in [0.15, 0.2) is 16.7 Å². The molecule has 28 heavy (non-hydrogen) atoms. The molecular formula is C20H19N3O4S. The van der Waals surface area contributed by atoms with E-state index in [9.17, 15) is 4.79 Å². The quantitative estimate of drug-likeness (QED) is 0.613. The minimum atomic E-state index is -0.120. The predicted octanol–water partition coefficient (Wildman–Crippen LogP) is 3.73. The number of anilines is 1. The van der Waals surface area contributed by atoms with Gasteiger partial charge in [-0.3, -0.25) is 9.36 Å². The second-order valence-corrected chi connectivity index (χ2v) is 6.85. The van der Waals surface area contributed by atoms with Gasteiger partial charge in [0, 0.05) is 29.8 Å². The summed E-state index contributed by atoms with van der Waals surface area (Å²) in [6, 6.07) is 13.1. The number of rotatable bonds is 7. The smallest absolute Gasteiger partial charge is 0.234 e. The van der Waals surface area contributed by atoms with Gasteiger partial charge in [0.05, 0.1) is 12.4 Å². The van der Waals surface area contributed by atoms with Gasteiger partial charge in [-0.05, 0) is 43.3 Å². The molecule has 1 amide bonds. The third-order valence-corrected chi connectivity index (χ3v) is 4.99. The SMILES string of the molecule is CCOc1ccc(-n2ccnc2SCC(=O)Nc2ccc3c(c2)OCO3)cc1. The lowest BCUT2D eigenvalue weighted by atomic mass is 10.3. The van der Waals surface area contributed by atoms with E-state index in [1.54, 1.807) is 24.4 Å². The van der Waals surface area contributed by atoms with E-state index in [0.717, 1.165) is 16.6 Å². The third-order valence-electron chi connectivity index (χ3n) is 4.02. The summed E-state index contributed by atoms with van der Waals surface area (Å²) in [5.74, 6) is 2.26. The maximum Gasteiger partial charge on any atom is 0.234 e. The van der Waals surface area contributed by atoms with E-state index in [1.165, 1.54) is 11.8 Å².